The first kappa shape index (κ1) is 11.3. The van der Waals surface area contributed by atoms with Gasteiger partial charge in [0.15, 0.2) is 11.6 Å². The molecule has 4 heteroatoms. The molecule has 3 rings (SSSR count). The zero-order chi connectivity index (χ0) is 12.5. The van der Waals surface area contributed by atoms with E-state index in [2.05, 4.69) is 22.2 Å². The van der Waals surface area contributed by atoms with Crippen LogP contribution in [0, 0.1) is 11.8 Å². The molecule has 4 nitrogen and oxygen atoms in total. The number of fused-ring (bicyclic) bond motifs is 1. The zero-order valence-electron chi connectivity index (χ0n) is 10.6. The minimum atomic E-state index is 0.483. The summed E-state index contributed by atoms with van der Waals surface area (Å²) in [7, 11) is 0. The SMILES string of the molecule is CC(CNc1nc2ccccc2nc1N)C1CC1. The van der Waals surface area contributed by atoms with Crippen molar-refractivity contribution in [3.8, 4) is 0 Å². The molecule has 0 spiro atoms. The third kappa shape index (κ3) is 2.23. The van der Waals surface area contributed by atoms with Crippen LogP contribution in [0.2, 0.25) is 0 Å². The van der Waals surface area contributed by atoms with Crippen LogP contribution in [0.15, 0.2) is 24.3 Å². The minimum Gasteiger partial charge on any atom is -0.381 e. The van der Waals surface area contributed by atoms with Gasteiger partial charge in [-0.05, 0) is 36.8 Å². The van der Waals surface area contributed by atoms with Gasteiger partial charge in [-0.1, -0.05) is 19.1 Å². The highest BCUT2D eigenvalue weighted by molar-refractivity contribution is 5.79. The molecule has 1 unspecified atom stereocenters. The fourth-order valence-corrected chi connectivity index (χ4v) is 2.23. The van der Waals surface area contributed by atoms with E-state index in [4.69, 9.17) is 5.73 Å². The summed E-state index contributed by atoms with van der Waals surface area (Å²) in [5.74, 6) is 2.75. The molecular weight excluding hydrogens is 224 g/mol. The molecule has 1 aliphatic rings. The third-order valence-corrected chi connectivity index (χ3v) is 3.62. The largest absolute Gasteiger partial charge is 0.381 e. The number of hydrogen-bond donors (Lipinski definition) is 2. The standard InChI is InChI=1S/C14H18N4/c1-9(10-6-7-10)8-16-14-13(15)17-11-4-2-3-5-12(11)18-14/h2-5,9-10H,6-8H2,1H3,(H2,15,17)(H,16,18). The van der Waals surface area contributed by atoms with Gasteiger partial charge in [0, 0.05) is 6.54 Å². The van der Waals surface area contributed by atoms with Crippen LogP contribution in [0.25, 0.3) is 11.0 Å². The summed E-state index contributed by atoms with van der Waals surface area (Å²) in [4.78, 5) is 8.89. The highest BCUT2D eigenvalue weighted by Gasteiger charge is 2.27. The van der Waals surface area contributed by atoms with Crippen molar-refractivity contribution >= 4 is 22.7 Å². The average Bonchev–Trinajstić information content (AvgIpc) is 3.20. The second-order valence-corrected chi connectivity index (χ2v) is 5.14. The molecule has 1 fully saturated rings. The van der Waals surface area contributed by atoms with Gasteiger partial charge >= 0.3 is 0 Å². The number of nitrogens with one attached hydrogen (secondary N) is 1. The summed E-state index contributed by atoms with van der Waals surface area (Å²) in [5.41, 5.74) is 7.65. The van der Waals surface area contributed by atoms with Crippen LogP contribution in [-0.2, 0) is 0 Å². The van der Waals surface area contributed by atoms with E-state index in [0.29, 0.717) is 17.6 Å². The number of para-hydroxylation sites is 2. The maximum atomic E-state index is 5.93. The molecular formula is C14H18N4. The summed E-state index contributed by atoms with van der Waals surface area (Å²) in [5, 5.41) is 3.33. The fourth-order valence-electron chi connectivity index (χ4n) is 2.23. The lowest BCUT2D eigenvalue weighted by Gasteiger charge is -2.13. The molecule has 1 saturated carbocycles. The van der Waals surface area contributed by atoms with Crippen molar-refractivity contribution in [2.45, 2.75) is 19.8 Å². The van der Waals surface area contributed by atoms with Gasteiger partial charge < -0.3 is 11.1 Å². The van der Waals surface area contributed by atoms with E-state index in [-0.39, 0.29) is 0 Å². The van der Waals surface area contributed by atoms with Gasteiger partial charge in [0.2, 0.25) is 0 Å². The molecule has 2 aromatic rings. The normalized spacial score (nSPS) is 16.7. The van der Waals surface area contributed by atoms with Gasteiger partial charge in [-0.2, -0.15) is 0 Å². The van der Waals surface area contributed by atoms with Crippen LogP contribution in [-0.4, -0.2) is 16.5 Å². The van der Waals surface area contributed by atoms with Gasteiger partial charge in [0.1, 0.15) is 0 Å². The van der Waals surface area contributed by atoms with Crippen LogP contribution in [0.3, 0.4) is 0 Å². The Balaban J connectivity index is 1.80. The molecule has 1 aromatic carbocycles. The van der Waals surface area contributed by atoms with Gasteiger partial charge in [-0.3, -0.25) is 0 Å². The van der Waals surface area contributed by atoms with Crippen molar-refractivity contribution in [2.24, 2.45) is 11.8 Å². The molecule has 0 saturated heterocycles. The number of anilines is 2. The Hall–Kier alpha value is -1.84. The van der Waals surface area contributed by atoms with Crippen LogP contribution >= 0.6 is 0 Å². The summed E-state index contributed by atoms with van der Waals surface area (Å²) in [6.07, 6.45) is 2.73. The van der Waals surface area contributed by atoms with Crippen LogP contribution in [0.5, 0.6) is 0 Å². The van der Waals surface area contributed by atoms with E-state index in [1.54, 1.807) is 0 Å². The van der Waals surface area contributed by atoms with E-state index >= 15 is 0 Å². The molecule has 0 radical (unpaired) electrons. The maximum absolute atomic E-state index is 5.93. The molecule has 0 bridgehead atoms. The Morgan fingerprint density at radius 3 is 2.61 bits per heavy atom. The molecule has 94 valence electrons. The number of benzene rings is 1. The van der Waals surface area contributed by atoms with E-state index < -0.39 is 0 Å². The first-order chi connectivity index (χ1) is 8.74. The van der Waals surface area contributed by atoms with Crippen LogP contribution in [0.4, 0.5) is 11.6 Å². The summed E-state index contributed by atoms with van der Waals surface area (Å²) >= 11 is 0. The van der Waals surface area contributed by atoms with Crippen molar-refractivity contribution in [1.82, 2.24) is 9.97 Å². The highest BCUT2D eigenvalue weighted by atomic mass is 15.1. The fraction of sp³-hybridized carbons (Fsp3) is 0.429. The predicted octanol–water partition coefficient (Wildman–Crippen LogP) is 2.67. The molecule has 1 heterocycles. The van der Waals surface area contributed by atoms with Gasteiger partial charge in [0.05, 0.1) is 11.0 Å². The summed E-state index contributed by atoms with van der Waals surface area (Å²) < 4.78 is 0. The number of nitrogens with two attached hydrogens (primary N) is 1. The molecule has 1 atom stereocenters. The first-order valence-electron chi connectivity index (χ1n) is 6.50. The Morgan fingerprint density at radius 2 is 1.94 bits per heavy atom. The first-order valence-corrected chi connectivity index (χ1v) is 6.50. The topological polar surface area (TPSA) is 63.8 Å². The quantitative estimate of drug-likeness (QED) is 0.865. The number of rotatable bonds is 4. The smallest absolute Gasteiger partial charge is 0.169 e. The van der Waals surface area contributed by atoms with Crippen LogP contribution in [0.1, 0.15) is 19.8 Å². The van der Waals surface area contributed by atoms with Crippen molar-refractivity contribution in [2.75, 3.05) is 17.6 Å². The lowest BCUT2D eigenvalue weighted by atomic mass is 10.1. The number of nitrogen functional groups attached to an aromatic ring is 1. The second kappa shape index (κ2) is 4.44. The number of hydrogen-bond acceptors (Lipinski definition) is 4. The van der Waals surface area contributed by atoms with Crippen molar-refractivity contribution in [3.63, 3.8) is 0 Å². The predicted molar refractivity (Wildman–Crippen MR) is 74.3 cm³/mol. The van der Waals surface area contributed by atoms with Gasteiger partial charge in [0.25, 0.3) is 0 Å². The van der Waals surface area contributed by atoms with Crippen molar-refractivity contribution in [3.05, 3.63) is 24.3 Å². The molecule has 0 aliphatic heterocycles. The Labute approximate surface area is 107 Å². The molecule has 1 aliphatic carbocycles. The van der Waals surface area contributed by atoms with Gasteiger partial charge in [-0.15, -0.1) is 0 Å². The number of nitrogens with zero attached hydrogens (tertiary/aromatic N) is 2. The maximum Gasteiger partial charge on any atom is 0.169 e. The van der Waals surface area contributed by atoms with Crippen molar-refractivity contribution < 1.29 is 0 Å². The summed E-state index contributed by atoms with van der Waals surface area (Å²) in [6, 6.07) is 7.79. The molecule has 18 heavy (non-hydrogen) atoms. The Bertz CT molecular complexity index is 563. The average molecular weight is 242 g/mol. The van der Waals surface area contributed by atoms with E-state index in [0.717, 1.165) is 23.5 Å². The van der Waals surface area contributed by atoms with Crippen molar-refractivity contribution in [1.29, 1.82) is 0 Å². The van der Waals surface area contributed by atoms with Gasteiger partial charge in [-0.25, -0.2) is 9.97 Å². The lowest BCUT2D eigenvalue weighted by molar-refractivity contribution is 0.536. The zero-order valence-corrected chi connectivity index (χ0v) is 10.6. The van der Waals surface area contributed by atoms with Crippen LogP contribution < -0.4 is 11.1 Å². The Morgan fingerprint density at radius 1 is 1.28 bits per heavy atom. The summed E-state index contributed by atoms with van der Waals surface area (Å²) in [6.45, 7) is 3.19. The third-order valence-electron chi connectivity index (χ3n) is 3.62. The molecule has 3 N–H and O–H groups in total. The molecule has 0 amide bonds. The lowest BCUT2D eigenvalue weighted by Crippen LogP contribution is -2.15. The second-order valence-electron chi connectivity index (χ2n) is 5.14. The Kier molecular flexibility index (Phi) is 2.78. The number of aromatic nitrogens is 2. The van der Waals surface area contributed by atoms with E-state index in [1.165, 1.54) is 12.8 Å². The monoisotopic (exact) mass is 242 g/mol. The molecule has 1 aromatic heterocycles. The van der Waals surface area contributed by atoms with E-state index in [9.17, 15) is 0 Å². The highest BCUT2D eigenvalue weighted by Crippen LogP contribution is 2.36. The van der Waals surface area contributed by atoms with E-state index in [1.807, 2.05) is 24.3 Å². The minimum absolute atomic E-state index is 0.483.